The molecule has 3 rings (SSSR count). The van der Waals surface area contributed by atoms with Crippen molar-refractivity contribution in [2.75, 3.05) is 6.61 Å². The molecule has 1 aliphatic carbocycles. The Kier molecular flexibility index (Phi) is 5.83. The summed E-state index contributed by atoms with van der Waals surface area (Å²) in [5.74, 6) is -0.766. The van der Waals surface area contributed by atoms with Crippen molar-refractivity contribution in [1.82, 2.24) is 0 Å². The first-order chi connectivity index (χ1) is 15.1. The zero-order valence-electron chi connectivity index (χ0n) is 16.8. The highest BCUT2D eigenvalue weighted by atomic mass is 16.6. The van der Waals surface area contributed by atoms with E-state index in [2.05, 4.69) is 5.16 Å². The van der Waals surface area contributed by atoms with E-state index in [1.165, 1.54) is 0 Å². The zero-order chi connectivity index (χ0) is 23.7. The number of hydrogen-bond acceptors (Lipinski definition) is 10. The van der Waals surface area contributed by atoms with Gasteiger partial charge in [0.1, 0.15) is 5.71 Å². The van der Waals surface area contributed by atoms with Crippen LogP contribution in [0.15, 0.2) is 29.4 Å². The van der Waals surface area contributed by atoms with Gasteiger partial charge in [-0.3, -0.25) is 30.3 Å². The van der Waals surface area contributed by atoms with Crippen LogP contribution in [0.3, 0.4) is 0 Å². The van der Waals surface area contributed by atoms with Crippen LogP contribution >= 0.6 is 0 Å². The molecule has 166 valence electrons. The molecule has 0 atom stereocenters. The van der Waals surface area contributed by atoms with Crippen LogP contribution in [-0.4, -0.2) is 38.3 Å². The fourth-order valence-corrected chi connectivity index (χ4v) is 3.38. The van der Waals surface area contributed by atoms with E-state index in [1.807, 2.05) is 13.8 Å². The van der Waals surface area contributed by atoms with Gasteiger partial charge in [0, 0.05) is 34.9 Å². The number of ether oxygens (including phenoxy) is 1. The van der Waals surface area contributed by atoms with Crippen molar-refractivity contribution in [3.8, 4) is 11.1 Å². The average Bonchev–Trinajstić information content (AvgIpc) is 3.04. The second-order valence-corrected chi connectivity index (χ2v) is 7.34. The highest BCUT2D eigenvalue weighted by Crippen LogP contribution is 2.47. The molecule has 2 aromatic carbocycles. The van der Waals surface area contributed by atoms with Crippen LogP contribution in [0.5, 0.6) is 0 Å². The topological polar surface area (TPSA) is 188 Å². The molecule has 32 heavy (non-hydrogen) atoms. The van der Waals surface area contributed by atoms with E-state index in [1.54, 1.807) is 0 Å². The number of hydrogen-bond donors (Lipinski definition) is 1. The molecule has 0 saturated carbocycles. The molecule has 0 saturated heterocycles. The van der Waals surface area contributed by atoms with Crippen LogP contribution in [-0.2, 0) is 4.74 Å². The monoisotopic (exact) mass is 444 g/mol. The maximum absolute atomic E-state index is 12.8. The van der Waals surface area contributed by atoms with Gasteiger partial charge in [-0.25, -0.2) is 4.79 Å². The van der Waals surface area contributed by atoms with Crippen molar-refractivity contribution in [3.63, 3.8) is 0 Å². The molecule has 0 aliphatic heterocycles. The second kappa shape index (κ2) is 8.37. The lowest BCUT2D eigenvalue weighted by molar-refractivity contribution is -0.393. The molecule has 0 heterocycles. The number of nitro benzene ring substituents is 3. The predicted molar refractivity (Wildman–Crippen MR) is 109 cm³/mol. The molecule has 2 aromatic rings. The number of non-ortho nitro benzene ring substituents is 2. The fourth-order valence-electron chi connectivity index (χ4n) is 3.38. The molecule has 0 radical (unpaired) electrons. The summed E-state index contributed by atoms with van der Waals surface area (Å²) in [4.78, 5) is 44.6. The largest absolute Gasteiger partial charge is 0.462 e. The van der Waals surface area contributed by atoms with Crippen molar-refractivity contribution >= 4 is 28.7 Å². The lowest BCUT2D eigenvalue weighted by Gasteiger charge is -2.11. The third kappa shape index (κ3) is 3.82. The number of esters is 1. The molecule has 1 N–H and O–H groups in total. The van der Waals surface area contributed by atoms with Crippen molar-refractivity contribution < 1.29 is 29.5 Å². The quantitative estimate of drug-likeness (QED) is 0.244. The maximum atomic E-state index is 12.8. The van der Waals surface area contributed by atoms with Gasteiger partial charge >= 0.3 is 5.97 Å². The van der Waals surface area contributed by atoms with Crippen molar-refractivity contribution in [2.24, 2.45) is 11.1 Å². The van der Waals surface area contributed by atoms with Crippen molar-refractivity contribution in [2.45, 2.75) is 20.3 Å². The standard InChI is InChI=1S/C19H16N4O9/c1-9(2)3-4-32-19(24)14-7-10(21(26)27)5-12-16(14)17-13(18(12)20-25)6-11(22(28)29)8-15(17)23(30)31/h5-9,25H,3-4H2,1-2H3. The third-order valence-corrected chi connectivity index (χ3v) is 4.85. The normalized spacial score (nSPS) is 13.0. The highest BCUT2D eigenvalue weighted by Gasteiger charge is 2.39. The number of benzene rings is 2. The van der Waals surface area contributed by atoms with Crippen LogP contribution in [0.25, 0.3) is 11.1 Å². The van der Waals surface area contributed by atoms with Gasteiger partial charge in [-0.05, 0) is 12.3 Å². The third-order valence-electron chi connectivity index (χ3n) is 4.85. The van der Waals surface area contributed by atoms with Gasteiger partial charge in [0.25, 0.3) is 17.1 Å². The van der Waals surface area contributed by atoms with E-state index in [9.17, 15) is 40.3 Å². The Balaban J connectivity index is 2.33. The number of carbonyl (C=O) groups excluding carboxylic acids is 1. The Morgan fingerprint density at radius 1 is 0.969 bits per heavy atom. The van der Waals surface area contributed by atoms with Crippen LogP contribution in [0.4, 0.5) is 17.1 Å². The Morgan fingerprint density at radius 3 is 2.03 bits per heavy atom. The van der Waals surface area contributed by atoms with E-state index in [0.717, 1.165) is 18.2 Å². The molecule has 0 amide bonds. The van der Waals surface area contributed by atoms with E-state index >= 15 is 0 Å². The van der Waals surface area contributed by atoms with Crippen LogP contribution in [0.1, 0.15) is 41.8 Å². The molecule has 0 bridgehead atoms. The summed E-state index contributed by atoms with van der Waals surface area (Å²) >= 11 is 0. The molecule has 0 spiro atoms. The van der Waals surface area contributed by atoms with E-state index in [0.29, 0.717) is 12.5 Å². The van der Waals surface area contributed by atoms with Crippen LogP contribution in [0.2, 0.25) is 0 Å². The zero-order valence-corrected chi connectivity index (χ0v) is 16.8. The lowest BCUT2D eigenvalue weighted by Crippen LogP contribution is -2.11. The van der Waals surface area contributed by atoms with E-state index < -0.39 is 37.8 Å². The summed E-state index contributed by atoms with van der Waals surface area (Å²) in [7, 11) is 0. The number of nitrogens with zero attached hydrogens (tertiary/aromatic N) is 4. The van der Waals surface area contributed by atoms with Gasteiger partial charge in [0.05, 0.1) is 38.6 Å². The molecule has 0 aromatic heterocycles. The van der Waals surface area contributed by atoms with Crippen LogP contribution in [0, 0.1) is 36.3 Å². The SMILES string of the molecule is CC(C)CCOC(=O)c1cc([N+](=O)[O-])cc2c1-c1c(cc([N+](=O)[O-])cc1[N+](=O)[O-])C2=NO. The number of carbonyl (C=O) groups is 1. The molecule has 1 aliphatic rings. The molecular weight excluding hydrogens is 428 g/mol. The minimum atomic E-state index is -0.969. The molecule has 13 nitrogen and oxygen atoms in total. The van der Waals surface area contributed by atoms with Gasteiger partial charge < -0.3 is 9.94 Å². The molecule has 0 unspecified atom stereocenters. The Hall–Kier alpha value is -4.42. The predicted octanol–water partition coefficient (Wildman–Crippen LogP) is 3.82. The van der Waals surface area contributed by atoms with Gasteiger partial charge in [-0.1, -0.05) is 19.0 Å². The lowest BCUT2D eigenvalue weighted by atomic mass is 9.97. The number of fused-ring (bicyclic) bond motifs is 3. The fraction of sp³-hybridized carbons (Fsp3) is 0.263. The molecule has 0 fully saturated rings. The summed E-state index contributed by atoms with van der Waals surface area (Å²) < 4.78 is 5.20. The van der Waals surface area contributed by atoms with Crippen molar-refractivity contribution in [3.05, 3.63) is 71.3 Å². The summed E-state index contributed by atoms with van der Waals surface area (Å²) in [5.41, 5.74) is -3.37. The minimum absolute atomic E-state index is 0.00409. The highest BCUT2D eigenvalue weighted by molar-refractivity contribution is 6.28. The molecular formula is C19H16N4O9. The molecule has 13 heteroatoms. The first-order valence-electron chi connectivity index (χ1n) is 9.26. The second-order valence-electron chi connectivity index (χ2n) is 7.34. The Labute approximate surface area is 179 Å². The summed E-state index contributed by atoms with van der Waals surface area (Å²) in [5, 5.41) is 47.0. The number of oxime groups is 1. The first-order valence-corrected chi connectivity index (χ1v) is 9.26. The number of rotatable bonds is 7. The smallest absolute Gasteiger partial charge is 0.339 e. The number of nitro groups is 3. The van der Waals surface area contributed by atoms with E-state index in [-0.39, 0.29) is 46.1 Å². The summed E-state index contributed by atoms with van der Waals surface area (Å²) in [6, 6.07) is 3.53. The minimum Gasteiger partial charge on any atom is -0.462 e. The van der Waals surface area contributed by atoms with Crippen molar-refractivity contribution in [1.29, 1.82) is 0 Å². The van der Waals surface area contributed by atoms with Gasteiger partial charge in [-0.2, -0.15) is 0 Å². The first kappa shape index (κ1) is 22.3. The Bertz CT molecular complexity index is 1200. The van der Waals surface area contributed by atoms with Gasteiger partial charge in [0.2, 0.25) is 0 Å². The van der Waals surface area contributed by atoms with Gasteiger partial charge in [-0.15, -0.1) is 0 Å². The van der Waals surface area contributed by atoms with Crippen LogP contribution < -0.4 is 0 Å². The Morgan fingerprint density at radius 2 is 1.53 bits per heavy atom. The van der Waals surface area contributed by atoms with E-state index in [4.69, 9.17) is 4.74 Å². The van der Waals surface area contributed by atoms with Gasteiger partial charge in [0.15, 0.2) is 0 Å². The maximum Gasteiger partial charge on any atom is 0.339 e. The summed E-state index contributed by atoms with van der Waals surface area (Å²) in [6.45, 7) is 3.80. The average molecular weight is 444 g/mol. The summed E-state index contributed by atoms with van der Waals surface area (Å²) in [6.07, 6.45) is 0.509.